The smallest absolute Gasteiger partial charge is 0.249 e. The third-order valence-electron chi connectivity index (χ3n) is 2.01. The van der Waals surface area contributed by atoms with Gasteiger partial charge in [-0.3, -0.25) is 4.79 Å². The number of aromatic nitrogens is 2. The summed E-state index contributed by atoms with van der Waals surface area (Å²) in [5.41, 5.74) is 11.9. The van der Waals surface area contributed by atoms with Crippen LogP contribution in [0.2, 0.25) is 0 Å². The molecule has 0 aliphatic heterocycles. The number of nitrogen functional groups attached to an aromatic ring is 1. The average Bonchev–Trinajstić information content (AvgIpc) is 2.30. The number of hydrogen-bond acceptors (Lipinski definition) is 5. The second-order valence-electron chi connectivity index (χ2n) is 3.25. The lowest BCUT2D eigenvalue weighted by molar-refractivity contribution is 0.0997. The van der Waals surface area contributed by atoms with E-state index in [0.29, 0.717) is 21.3 Å². The summed E-state index contributed by atoms with van der Waals surface area (Å²) in [6.07, 6.45) is 3.26. The Labute approximate surface area is 102 Å². The zero-order valence-corrected chi connectivity index (χ0v) is 9.65. The highest BCUT2D eigenvalue weighted by molar-refractivity contribution is 7.99. The monoisotopic (exact) mass is 246 g/mol. The molecule has 0 unspecified atom stereocenters. The van der Waals surface area contributed by atoms with Gasteiger partial charge in [-0.2, -0.15) is 0 Å². The Morgan fingerprint density at radius 1 is 1.24 bits per heavy atom. The van der Waals surface area contributed by atoms with E-state index in [-0.39, 0.29) is 0 Å². The predicted molar refractivity (Wildman–Crippen MR) is 65.5 cm³/mol. The fourth-order valence-electron chi connectivity index (χ4n) is 1.26. The van der Waals surface area contributed by atoms with Crippen molar-refractivity contribution in [1.82, 2.24) is 9.97 Å². The number of anilines is 1. The van der Waals surface area contributed by atoms with Gasteiger partial charge in [-0.05, 0) is 36.0 Å². The Bertz CT molecular complexity index is 544. The van der Waals surface area contributed by atoms with Crippen molar-refractivity contribution < 1.29 is 4.79 Å². The minimum atomic E-state index is -0.497. The first-order chi connectivity index (χ1) is 8.16. The van der Waals surface area contributed by atoms with E-state index in [9.17, 15) is 4.79 Å². The van der Waals surface area contributed by atoms with Gasteiger partial charge < -0.3 is 11.5 Å². The molecule has 0 aliphatic rings. The van der Waals surface area contributed by atoms with Crippen molar-refractivity contribution in [2.75, 3.05) is 5.73 Å². The summed E-state index contributed by atoms with van der Waals surface area (Å²) in [7, 11) is 0. The van der Waals surface area contributed by atoms with Gasteiger partial charge in [-0.1, -0.05) is 0 Å². The van der Waals surface area contributed by atoms with E-state index in [1.165, 1.54) is 11.8 Å². The maximum atomic E-state index is 11.3. The number of carbonyl (C=O) groups is 1. The number of benzene rings is 1. The van der Waals surface area contributed by atoms with Gasteiger partial charge in [-0.15, -0.1) is 0 Å². The first-order valence-electron chi connectivity index (χ1n) is 4.81. The summed E-state index contributed by atoms with van der Waals surface area (Å²) in [5.74, 6) is -0.497. The second-order valence-corrected chi connectivity index (χ2v) is 4.26. The summed E-state index contributed by atoms with van der Waals surface area (Å²) in [6.45, 7) is 0. The molecule has 1 aromatic heterocycles. The Hall–Kier alpha value is -2.08. The molecule has 1 heterocycles. The van der Waals surface area contributed by atoms with Crippen LogP contribution in [0.1, 0.15) is 10.4 Å². The number of primary amides is 1. The van der Waals surface area contributed by atoms with Crippen LogP contribution in [0, 0.1) is 0 Å². The van der Waals surface area contributed by atoms with Crippen molar-refractivity contribution in [3.63, 3.8) is 0 Å². The molecule has 0 radical (unpaired) electrons. The average molecular weight is 246 g/mol. The molecule has 0 spiro atoms. The molecule has 0 saturated carbocycles. The van der Waals surface area contributed by atoms with Crippen molar-refractivity contribution >= 4 is 23.4 Å². The number of nitrogens with zero attached hydrogens (tertiary/aromatic N) is 2. The van der Waals surface area contributed by atoms with Crippen molar-refractivity contribution in [2.24, 2.45) is 5.73 Å². The minimum Gasteiger partial charge on any atom is -0.399 e. The third kappa shape index (κ3) is 2.73. The van der Waals surface area contributed by atoms with Crippen molar-refractivity contribution in [3.05, 3.63) is 42.2 Å². The highest BCUT2D eigenvalue weighted by Crippen LogP contribution is 2.29. The van der Waals surface area contributed by atoms with Crippen LogP contribution in [0.15, 0.2) is 46.7 Å². The Kier molecular flexibility index (Phi) is 3.24. The predicted octanol–water partition coefficient (Wildman–Crippen LogP) is 1.31. The number of nitrogens with two attached hydrogens (primary N) is 2. The van der Waals surface area contributed by atoms with Crippen LogP contribution in [-0.4, -0.2) is 15.9 Å². The maximum absolute atomic E-state index is 11.3. The third-order valence-corrected chi connectivity index (χ3v) is 2.97. The van der Waals surface area contributed by atoms with Crippen LogP contribution in [0.4, 0.5) is 5.69 Å². The van der Waals surface area contributed by atoms with Crippen LogP contribution in [0.5, 0.6) is 0 Å². The Balaban J connectivity index is 2.37. The molecule has 5 nitrogen and oxygen atoms in total. The Morgan fingerprint density at radius 3 is 2.59 bits per heavy atom. The molecule has 0 aliphatic carbocycles. The first-order valence-corrected chi connectivity index (χ1v) is 5.62. The molecule has 0 atom stereocenters. The summed E-state index contributed by atoms with van der Waals surface area (Å²) >= 11 is 1.25. The fourth-order valence-corrected chi connectivity index (χ4v) is 2.16. The summed E-state index contributed by atoms with van der Waals surface area (Å²) in [5, 5.41) is 0.542. The van der Waals surface area contributed by atoms with Crippen LogP contribution in [0.25, 0.3) is 0 Å². The molecular weight excluding hydrogens is 236 g/mol. The molecule has 6 heteroatoms. The zero-order valence-electron chi connectivity index (χ0n) is 8.83. The van der Waals surface area contributed by atoms with Crippen molar-refractivity contribution in [3.8, 4) is 0 Å². The minimum absolute atomic E-state index is 0.414. The van der Waals surface area contributed by atoms with E-state index in [1.54, 1.807) is 36.7 Å². The lowest BCUT2D eigenvalue weighted by Gasteiger charge is -2.06. The highest BCUT2D eigenvalue weighted by Gasteiger charge is 2.10. The van der Waals surface area contributed by atoms with Gasteiger partial charge in [0.15, 0.2) is 5.16 Å². The summed E-state index contributed by atoms with van der Waals surface area (Å²) < 4.78 is 0. The zero-order chi connectivity index (χ0) is 12.3. The number of carbonyl (C=O) groups excluding carboxylic acids is 1. The van der Waals surface area contributed by atoms with Crippen molar-refractivity contribution in [1.29, 1.82) is 0 Å². The molecule has 0 saturated heterocycles. The lowest BCUT2D eigenvalue weighted by atomic mass is 10.2. The SMILES string of the molecule is NC(=O)c1ccc(N)cc1Sc1ncccn1. The van der Waals surface area contributed by atoms with E-state index < -0.39 is 5.91 Å². The maximum Gasteiger partial charge on any atom is 0.249 e. The number of amides is 1. The normalized spacial score (nSPS) is 10.1. The van der Waals surface area contributed by atoms with Crippen LogP contribution >= 0.6 is 11.8 Å². The molecule has 0 fully saturated rings. The van der Waals surface area contributed by atoms with Gasteiger partial charge in [-0.25, -0.2) is 9.97 Å². The highest BCUT2D eigenvalue weighted by atomic mass is 32.2. The van der Waals surface area contributed by atoms with Crippen LogP contribution in [0.3, 0.4) is 0 Å². The summed E-state index contributed by atoms with van der Waals surface area (Å²) in [4.78, 5) is 20.0. The molecule has 2 aromatic rings. The van der Waals surface area contributed by atoms with Crippen LogP contribution in [-0.2, 0) is 0 Å². The summed E-state index contributed by atoms with van der Waals surface area (Å²) in [6, 6.07) is 6.64. The molecule has 1 aromatic carbocycles. The van der Waals surface area contributed by atoms with Gasteiger partial charge >= 0.3 is 0 Å². The number of hydrogen-bond donors (Lipinski definition) is 2. The molecule has 2 rings (SSSR count). The van der Waals surface area contributed by atoms with Crippen LogP contribution < -0.4 is 11.5 Å². The van der Waals surface area contributed by atoms with Gasteiger partial charge in [0.1, 0.15) is 0 Å². The standard InChI is InChI=1S/C11H10N4OS/c12-7-2-3-8(10(13)16)9(6-7)17-11-14-4-1-5-15-11/h1-6H,12H2,(H2,13,16). The topological polar surface area (TPSA) is 94.9 Å². The largest absolute Gasteiger partial charge is 0.399 e. The molecule has 17 heavy (non-hydrogen) atoms. The number of rotatable bonds is 3. The molecule has 1 amide bonds. The van der Waals surface area contributed by atoms with Gasteiger partial charge in [0.2, 0.25) is 5.91 Å². The Morgan fingerprint density at radius 2 is 1.94 bits per heavy atom. The second kappa shape index (κ2) is 4.84. The lowest BCUT2D eigenvalue weighted by Crippen LogP contribution is -2.12. The van der Waals surface area contributed by atoms with E-state index in [4.69, 9.17) is 11.5 Å². The quantitative estimate of drug-likeness (QED) is 0.629. The molecule has 86 valence electrons. The van der Waals surface area contributed by atoms with E-state index in [2.05, 4.69) is 9.97 Å². The van der Waals surface area contributed by atoms with E-state index >= 15 is 0 Å². The van der Waals surface area contributed by atoms with Gasteiger partial charge in [0.25, 0.3) is 0 Å². The molecular formula is C11H10N4OS. The molecule has 4 N–H and O–H groups in total. The fraction of sp³-hybridized carbons (Fsp3) is 0. The van der Waals surface area contributed by atoms with E-state index in [1.807, 2.05) is 0 Å². The molecule has 0 bridgehead atoms. The van der Waals surface area contributed by atoms with Gasteiger partial charge in [0, 0.05) is 23.0 Å². The van der Waals surface area contributed by atoms with Gasteiger partial charge in [0.05, 0.1) is 5.56 Å². The van der Waals surface area contributed by atoms with Crippen molar-refractivity contribution in [2.45, 2.75) is 10.1 Å². The first kappa shape index (κ1) is 11.4. The van der Waals surface area contributed by atoms with E-state index in [0.717, 1.165) is 0 Å².